The number of amides is 1. The molecule has 7 heteroatoms. The molecule has 3 rings (SSSR count). The van der Waals surface area contributed by atoms with Crippen LogP contribution < -0.4 is 14.8 Å². The van der Waals surface area contributed by atoms with Crippen LogP contribution >= 0.6 is 0 Å². The summed E-state index contributed by atoms with van der Waals surface area (Å²) < 4.78 is 13.4. The highest BCUT2D eigenvalue weighted by molar-refractivity contribution is 5.83. The third kappa shape index (κ3) is 3.76. The summed E-state index contributed by atoms with van der Waals surface area (Å²) in [5, 5.41) is 7.24. The number of rotatable bonds is 6. The molecule has 0 saturated heterocycles. The summed E-state index contributed by atoms with van der Waals surface area (Å²) in [5.74, 6) is 1.47. The molecule has 134 valence electrons. The van der Waals surface area contributed by atoms with E-state index in [0.29, 0.717) is 19.7 Å². The van der Waals surface area contributed by atoms with Gasteiger partial charge in [-0.3, -0.25) is 9.48 Å². The van der Waals surface area contributed by atoms with E-state index in [-0.39, 0.29) is 12.0 Å². The van der Waals surface area contributed by atoms with Crippen LogP contribution in [0.4, 0.5) is 0 Å². The van der Waals surface area contributed by atoms with Crippen molar-refractivity contribution in [1.29, 1.82) is 0 Å². The quantitative estimate of drug-likeness (QED) is 0.857. The lowest BCUT2D eigenvalue weighted by Gasteiger charge is -2.32. The van der Waals surface area contributed by atoms with Gasteiger partial charge in [0.15, 0.2) is 17.6 Å². The number of aryl methyl sites for hydroxylation is 1. The van der Waals surface area contributed by atoms with E-state index in [9.17, 15) is 4.79 Å². The van der Waals surface area contributed by atoms with Gasteiger partial charge in [-0.1, -0.05) is 12.1 Å². The second-order valence-corrected chi connectivity index (χ2v) is 6.04. The molecule has 1 aliphatic rings. The number of benzene rings is 1. The molecule has 2 heterocycles. The number of carbonyl (C=O) groups is 1. The van der Waals surface area contributed by atoms with Crippen molar-refractivity contribution in [2.24, 2.45) is 7.05 Å². The lowest BCUT2D eigenvalue weighted by Crippen LogP contribution is -2.47. The molecule has 2 unspecified atom stereocenters. The maximum absolute atomic E-state index is 13.0. The Morgan fingerprint density at radius 2 is 2.20 bits per heavy atom. The molecule has 0 bridgehead atoms. The summed E-state index contributed by atoms with van der Waals surface area (Å²) in [6.45, 7) is 3.46. The maximum atomic E-state index is 13.0. The largest absolute Gasteiger partial charge is 0.486 e. The Hall–Kier alpha value is -2.54. The van der Waals surface area contributed by atoms with Crippen LogP contribution in [0.3, 0.4) is 0 Å². The van der Waals surface area contributed by atoms with Crippen molar-refractivity contribution in [3.63, 3.8) is 0 Å². The van der Waals surface area contributed by atoms with Crippen molar-refractivity contribution in [1.82, 2.24) is 20.0 Å². The Morgan fingerprint density at radius 1 is 1.44 bits per heavy atom. The number of carbonyl (C=O) groups excluding carboxylic acids is 1. The molecular weight excluding hydrogens is 320 g/mol. The molecule has 0 aliphatic carbocycles. The highest BCUT2D eigenvalue weighted by Crippen LogP contribution is 2.31. The summed E-state index contributed by atoms with van der Waals surface area (Å²) in [6, 6.07) is 7.16. The molecule has 1 N–H and O–H groups in total. The number of nitrogens with zero attached hydrogens (tertiary/aromatic N) is 3. The zero-order valence-corrected chi connectivity index (χ0v) is 14.8. The zero-order valence-electron chi connectivity index (χ0n) is 14.8. The standard InChI is InChI=1S/C18H24N4O3/c1-4-22(18(23)17(19-2)13-9-20-21(3)10-13)11-14-12-24-15-7-5-6-8-16(15)25-14/h5-10,14,17,19H,4,11-12H2,1-3H3. The molecule has 1 aromatic carbocycles. The second kappa shape index (κ2) is 7.57. The first-order valence-corrected chi connectivity index (χ1v) is 8.45. The summed E-state index contributed by atoms with van der Waals surface area (Å²) in [5.41, 5.74) is 0.847. The third-order valence-corrected chi connectivity index (χ3v) is 4.28. The van der Waals surface area contributed by atoms with E-state index in [1.807, 2.05) is 44.4 Å². The van der Waals surface area contributed by atoms with Crippen molar-refractivity contribution < 1.29 is 14.3 Å². The number of ether oxygens (including phenoxy) is 2. The molecule has 1 aromatic heterocycles. The van der Waals surface area contributed by atoms with Gasteiger partial charge in [-0.15, -0.1) is 0 Å². The van der Waals surface area contributed by atoms with Crippen molar-refractivity contribution in [3.8, 4) is 11.5 Å². The predicted octanol–water partition coefficient (Wildman–Crippen LogP) is 1.37. The van der Waals surface area contributed by atoms with Crippen LogP contribution in [0.1, 0.15) is 18.5 Å². The van der Waals surface area contributed by atoms with Gasteiger partial charge < -0.3 is 19.7 Å². The highest BCUT2D eigenvalue weighted by atomic mass is 16.6. The van der Waals surface area contributed by atoms with E-state index < -0.39 is 6.04 Å². The van der Waals surface area contributed by atoms with Gasteiger partial charge in [-0.05, 0) is 26.1 Å². The minimum Gasteiger partial charge on any atom is -0.486 e. The fourth-order valence-corrected chi connectivity index (χ4v) is 2.98. The smallest absolute Gasteiger partial charge is 0.244 e. The van der Waals surface area contributed by atoms with Crippen molar-refractivity contribution >= 4 is 5.91 Å². The summed E-state index contributed by atoms with van der Waals surface area (Å²) in [4.78, 5) is 14.8. The van der Waals surface area contributed by atoms with E-state index in [0.717, 1.165) is 17.1 Å². The average Bonchev–Trinajstić information content (AvgIpc) is 3.06. The van der Waals surface area contributed by atoms with Gasteiger partial charge in [-0.2, -0.15) is 5.10 Å². The second-order valence-electron chi connectivity index (χ2n) is 6.04. The summed E-state index contributed by atoms with van der Waals surface area (Å²) >= 11 is 0. The Labute approximate surface area is 147 Å². The van der Waals surface area contributed by atoms with Gasteiger partial charge in [-0.25, -0.2) is 0 Å². The Bertz CT molecular complexity index is 731. The van der Waals surface area contributed by atoms with Gasteiger partial charge in [0.05, 0.1) is 12.7 Å². The maximum Gasteiger partial charge on any atom is 0.244 e. The van der Waals surface area contributed by atoms with Crippen molar-refractivity contribution in [3.05, 3.63) is 42.2 Å². The van der Waals surface area contributed by atoms with Crippen LogP contribution in [0.25, 0.3) is 0 Å². The fourth-order valence-electron chi connectivity index (χ4n) is 2.98. The van der Waals surface area contributed by atoms with Gasteiger partial charge in [0.25, 0.3) is 0 Å². The molecule has 7 nitrogen and oxygen atoms in total. The fraction of sp³-hybridized carbons (Fsp3) is 0.444. The normalized spacial score (nSPS) is 17.2. The first kappa shape index (κ1) is 17.3. The van der Waals surface area contributed by atoms with Gasteiger partial charge >= 0.3 is 0 Å². The monoisotopic (exact) mass is 344 g/mol. The van der Waals surface area contributed by atoms with Crippen molar-refractivity contribution in [2.45, 2.75) is 19.1 Å². The number of hydrogen-bond donors (Lipinski definition) is 1. The molecule has 2 atom stereocenters. The molecular formula is C18H24N4O3. The Morgan fingerprint density at radius 3 is 2.84 bits per heavy atom. The zero-order chi connectivity index (χ0) is 17.8. The number of fused-ring (bicyclic) bond motifs is 1. The van der Waals surface area contributed by atoms with E-state index in [4.69, 9.17) is 9.47 Å². The molecule has 0 saturated carbocycles. The first-order valence-electron chi connectivity index (χ1n) is 8.45. The Balaban J connectivity index is 1.68. The minimum absolute atomic E-state index is 0.000425. The van der Waals surface area contributed by atoms with Crippen LogP contribution in [-0.4, -0.2) is 53.4 Å². The number of nitrogens with one attached hydrogen (secondary N) is 1. The number of para-hydroxylation sites is 2. The van der Waals surface area contributed by atoms with Gasteiger partial charge in [0.1, 0.15) is 12.6 Å². The lowest BCUT2D eigenvalue weighted by atomic mass is 10.1. The van der Waals surface area contributed by atoms with Crippen LogP contribution in [0, 0.1) is 0 Å². The predicted molar refractivity (Wildman–Crippen MR) is 93.6 cm³/mol. The van der Waals surface area contributed by atoms with Crippen LogP contribution in [-0.2, 0) is 11.8 Å². The molecule has 1 aliphatic heterocycles. The topological polar surface area (TPSA) is 68.6 Å². The molecule has 25 heavy (non-hydrogen) atoms. The summed E-state index contributed by atoms with van der Waals surface area (Å²) in [7, 11) is 3.61. The van der Waals surface area contributed by atoms with E-state index in [2.05, 4.69) is 10.4 Å². The van der Waals surface area contributed by atoms with Gasteiger partial charge in [0, 0.05) is 25.4 Å². The van der Waals surface area contributed by atoms with Crippen LogP contribution in [0.5, 0.6) is 11.5 Å². The molecule has 0 radical (unpaired) electrons. The number of aromatic nitrogens is 2. The first-order chi connectivity index (χ1) is 12.1. The minimum atomic E-state index is -0.426. The number of hydrogen-bond acceptors (Lipinski definition) is 5. The van der Waals surface area contributed by atoms with Crippen molar-refractivity contribution in [2.75, 3.05) is 26.7 Å². The lowest BCUT2D eigenvalue weighted by molar-refractivity contribution is -0.134. The Kier molecular flexibility index (Phi) is 5.23. The van der Waals surface area contributed by atoms with E-state index in [1.165, 1.54) is 0 Å². The van der Waals surface area contributed by atoms with Crippen LogP contribution in [0.2, 0.25) is 0 Å². The molecule has 0 fully saturated rings. The third-order valence-electron chi connectivity index (χ3n) is 4.28. The number of likely N-dealkylation sites (N-methyl/N-ethyl adjacent to an activating group) is 2. The molecule has 1 amide bonds. The van der Waals surface area contributed by atoms with E-state index in [1.54, 1.807) is 22.8 Å². The SMILES string of the molecule is CCN(CC1COc2ccccc2O1)C(=O)C(NC)c1cnn(C)c1. The highest BCUT2D eigenvalue weighted by Gasteiger charge is 2.29. The van der Waals surface area contributed by atoms with Crippen LogP contribution in [0.15, 0.2) is 36.7 Å². The summed E-state index contributed by atoms with van der Waals surface area (Å²) in [6.07, 6.45) is 3.37. The molecule has 0 spiro atoms. The van der Waals surface area contributed by atoms with E-state index >= 15 is 0 Å². The average molecular weight is 344 g/mol. The van der Waals surface area contributed by atoms with Gasteiger partial charge in [0.2, 0.25) is 5.91 Å². The molecule has 2 aromatic rings.